The summed E-state index contributed by atoms with van der Waals surface area (Å²) in [4.78, 5) is 26.6. The van der Waals surface area contributed by atoms with E-state index in [9.17, 15) is 9.59 Å². The highest BCUT2D eigenvalue weighted by Crippen LogP contribution is 2.17. The number of likely N-dealkylation sites (tertiary alicyclic amines) is 1. The van der Waals surface area contributed by atoms with Crippen LogP contribution < -0.4 is 5.32 Å². The zero-order valence-electron chi connectivity index (χ0n) is 15.0. The smallest absolute Gasteiger partial charge is 0.259 e. The number of hydrogen-bond acceptors (Lipinski definition) is 3. The molecule has 0 atom stereocenters. The summed E-state index contributed by atoms with van der Waals surface area (Å²) < 4.78 is 1.71. The van der Waals surface area contributed by atoms with Gasteiger partial charge in [-0.2, -0.15) is 5.10 Å². The molecule has 2 amide bonds. The predicted molar refractivity (Wildman–Crippen MR) is 96.6 cm³/mol. The highest BCUT2D eigenvalue weighted by atomic mass is 16.2. The van der Waals surface area contributed by atoms with Gasteiger partial charge in [0.1, 0.15) is 0 Å². The molecule has 2 heterocycles. The highest BCUT2D eigenvalue weighted by Gasteiger charge is 2.19. The molecular weight excluding hydrogens is 316 g/mol. The lowest BCUT2D eigenvalue weighted by atomic mass is 10.1. The van der Waals surface area contributed by atoms with Gasteiger partial charge in [0, 0.05) is 31.5 Å². The minimum atomic E-state index is -0.163. The van der Waals surface area contributed by atoms with Gasteiger partial charge in [-0.1, -0.05) is 12.1 Å². The number of nitrogens with zero attached hydrogens (tertiary/aromatic N) is 3. The molecule has 1 aliphatic heterocycles. The van der Waals surface area contributed by atoms with Gasteiger partial charge in [0.2, 0.25) is 5.91 Å². The van der Waals surface area contributed by atoms with Crippen molar-refractivity contribution in [3.63, 3.8) is 0 Å². The van der Waals surface area contributed by atoms with Crippen LogP contribution in [0.4, 0.5) is 5.69 Å². The minimum Gasteiger partial charge on any atom is -0.342 e. The van der Waals surface area contributed by atoms with E-state index in [1.807, 2.05) is 50.1 Å². The topological polar surface area (TPSA) is 67.2 Å². The fourth-order valence-corrected chi connectivity index (χ4v) is 3.25. The number of aryl methyl sites for hydroxylation is 2. The summed E-state index contributed by atoms with van der Waals surface area (Å²) in [6, 6.07) is 7.47. The molecule has 6 nitrogen and oxygen atoms in total. The van der Waals surface area contributed by atoms with Crippen LogP contribution >= 0.6 is 0 Å². The summed E-state index contributed by atoms with van der Waals surface area (Å²) >= 11 is 0. The van der Waals surface area contributed by atoms with Gasteiger partial charge in [0.25, 0.3) is 5.91 Å². The van der Waals surface area contributed by atoms with Crippen molar-refractivity contribution >= 4 is 17.5 Å². The molecule has 0 aliphatic carbocycles. The summed E-state index contributed by atoms with van der Waals surface area (Å²) in [5, 5.41) is 7.17. The Kier molecular flexibility index (Phi) is 4.88. The first-order valence-corrected chi connectivity index (χ1v) is 8.64. The average Bonchev–Trinajstić information content (AvgIpc) is 3.18. The molecule has 1 aromatic heterocycles. The third-order valence-corrected chi connectivity index (χ3v) is 4.76. The molecule has 1 aromatic carbocycles. The van der Waals surface area contributed by atoms with E-state index in [2.05, 4.69) is 10.4 Å². The average molecular weight is 340 g/mol. The van der Waals surface area contributed by atoms with Gasteiger partial charge in [-0.3, -0.25) is 14.3 Å². The van der Waals surface area contributed by atoms with Crippen LogP contribution in [0, 0.1) is 13.8 Å². The maximum absolute atomic E-state index is 12.5. The van der Waals surface area contributed by atoms with Crippen molar-refractivity contribution in [2.75, 3.05) is 18.4 Å². The third kappa shape index (κ3) is 3.73. The van der Waals surface area contributed by atoms with Gasteiger partial charge in [0.15, 0.2) is 0 Å². The molecule has 0 bridgehead atoms. The van der Waals surface area contributed by atoms with Crippen molar-refractivity contribution in [2.24, 2.45) is 7.05 Å². The van der Waals surface area contributed by atoms with Crippen molar-refractivity contribution in [3.8, 4) is 0 Å². The Hall–Kier alpha value is -2.63. The monoisotopic (exact) mass is 340 g/mol. The van der Waals surface area contributed by atoms with Gasteiger partial charge < -0.3 is 10.2 Å². The largest absolute Gasteiger partial charge is 0.342 e. The van der Waals surface area contributed by atoms with Crippen LogP contribution in [0.25, 0.3) is 0 Å². The van der Waals surface area contributed by atoms with E-state index in [0.717, 1.165) is 37.2 Å². The molecular formula is C19H24N4O2. The Balaban J connectivity index is 1.64. The summed E-state index contributed by atoms with van der Waals surface area (Å²) in [6.45, 7) is 5.45. The number of amides is 2. The number of nitrogens with one attached hydrogen (secondary N) is 1. The van der Waals surface area contributed by atoms with Crippen LogP contribution in [0.2, 0.25) is 0 Å². The molecule has 1 fully saturated rings. The number of rotatable bonds is 4. The Morgan fingerprint density at radius 2 is 1.76 bits per heavy atom. The van der Waals surface area contributed by atoms with Crippen molar-refractivity contribution in [3.05, 3.63) is 46.8 Å². The molecule has 25 heavy (non-hydrogen) atoms. The normalized spacial score (nSPS) is 14.0. The van der Waals surface area contributed by atoms with E-state index in [1.165, 1.54) is 0 Å². The minimum absolute atomic E-state index is 0.163. The molecule has 0 unspecified atom stereocenters. The van der Waals surface area contributed by atoms with E-state index in [4.69, 9.17) is 0 Å². The lowest BCUT2D eigenvalue weighted by Gasteiger charge is -2.15. The summed E-state index contributed by atoms with van der Waals surface area (Å²) in [5.41, 5.74) is 3.83. The van der Waals surface area contributed by atoms with Crippen LogP contribution in [0.15, 0.2) is 24.3 Å². The quantitative estimate of drug-likeness (QED) is 0.930. The molecule has 1 saturated heterocycles. The Morgan fingerprint density at radius 3 is 2.32 bits per heavy atom. The van der Waals surface area contributed by atoms with Gasteiger partial charge in [-0.05, 0) is 44.4 Å². The van der Waals surface area contributed by atoms with Crippen LogP contribution in [0.1, 0.15) is 40.2 Å². The zero-order valence-corrected chi connectivity index (χ0v) is 15.0. The Bertz CT molecular complexity index is 787. The number of carbonyl (C=O) groups is 2. The number of anilines is 1. The highest BCUT2D eigenvalue weighted by molar-refractivity contribution is 6.05. The van der Waals surface area contributed by atoms with Crippen molar-refractivity contribution in [1.29, 1.82) is 0 Å². The zero-order chi connectivity index (χ0) is 18.0. The second kappa shape index (κ2) is 7.09. The summed E-state index contributed by atoms with van der Waals surface area (Å²) in [5.74, 6) is 0.0138. The van der Waals surface area contributed by atoms with Crippen LogP contribution in [-0.4, -0.2) is 39.6 Å². The van der Waals surface area contributed by atoms with E-state index in [0.29, 0.717) is 23.4 Å². The van der Waals surface area contributed by atoms with Gasteiger partial charge in [0.05, 0.1) is 17.7 Å². The third-order valence-electron chi connectivity index (χ3n) is 4.76. The first kappa shape index (κ1) is 17.2. The molecule has 0 radical (unpaired) electrons. The molecule has 132 valence electrons. The number of aromatic nitrogens is 2. The second-order valence-corrected chi connectivity index (χ2v) is 6.59. The van der Waals surface area contributed by atoms with E-state index >= 15 is 0 Å². The van der Waals surface area contributed by atoms with E-state index in [-0.39, 0.29) is 11.8 Å². The number of hydrogen-bond donors (Lipinski definition) is 1. The first-order valence-electron chi connectivity index (χ1n) is 8.64. The van der Waals surface area contributed by atoms with Crippen LogP contribution in [0.5, 0.6) is 0 Å². The lowest BCUT2D eigenvalue weighted by Crippen LogP contribution is -2.29. The Morgan fingerprint density at radius 1 is 1.12 bits per heavy atom. The van der Waals surface area contributed by atoms with E-state index < -0.39 is 0 Å². The van der Waals surface area contributed by atoms with Gasteiger partial charge >= 0.3 is 0 Å². The van der Waals surface area contributed by atoms with Crippen LogP contribution in [0.3, 0.4) is 0 Å². The molecule has 1 N–H and O–H groups in total. The second-order valence-electron chi connectivity index (χ2n) is 6.59. The molecule has 3 rings (SSSR count). The van der Waals surface area contributed by atoms with Crippen molar-refractivity contribution < 1.29 is 9.59 Å². The molecule has 1 aliphatic rings. The van der Waals surface area contributed by atoms with Gasteiger partial charge in [-0.15, -0.1) is 0 Å². The molecule has 0 saturated carbocycles. The first-order chi connectivity index (χ1) is 12.0. The standard InChI is InChI=1S/C19H24N4O2/c1-13-18(14(2)22(3)21-13)19(25)20-16-8-6-15(7-9-16)12-17(24)23-10-4-5-11-23/h6-9H,4-5,10-12H2,1-3H3,(H,20,25). The Labute approximate surface area is 147 Å². The van der Waals surface area contributed by atoms with Gasteiger partial charge in [-0.25, -0.2) is 0 Å². The fourth-order valence-electron chi connectivity index (χ4n) is 3.25. The predicted octanol–water partition coefficient (Wildman–Crippen LogP) is 2.45. The van der Waals surface area contributed by atoms with Crippen molar-refractivity contribution in [2.45, 2.75) is 33.1 Å². The van der Waals surface area contributed by atoms with Crippen LogP contribution in [-0.2, 0) is 18.3 Å². The number of carbonyl (C=O) groups excluding carboxylic acids is 2. The SMILES string of the molecule is Cc1nn(C)c(C)c1C(=O)Nc1ccc(CC(=O)N2CCCC2)cc1. The summed E-state index contributed by atoms with van der Waals surface area (Å²) in [6.07, 6.45) is 2.61. The van der Waals surface area contributed by atoms with E-state index in [1.54, 1.807) is 4.68 Å². The maximum Gasteiger partial charge on any atom is 0.259 e. The lowest BCUT2D eigenvalue weighted by molar-refractivity contribution is -0.129. The van der Waals surface area contributed by atoms with Crippen molar-refractivity contribution in [1.82, 2.24) is 14.7 Å². The fraction of sp³-hybridized carbons (Fsp3) is 0.421. The molecule has 6 heteroatoms. The molecule has 0 spiro atoms. The maximum atomic E-state index is 12.5. The summed E-state index contributed by atoms with van der Waals surface area (Å²) in [7, 11) is 1.82. The molecule has 2 aromatic rings. The number of benzene rings is 1.